The smallest absolute Gasteiger partial charge is 0.0832 e. The van der Waals surface area contributed by atoms with E-state index < -0.39 is 0 Å². The summed E-state index contributed by atoms with van der Waals surface area (Å²) in [5.41, 5.74) is 5.87. The maximum absolute atomic E-state index is 4.41. The van der Waals surface area contributed by atoms with Crippen LogP contribution < -0.4 is 5.32 Å². The van der Waals surface area contributed by atoms with Crippen molar-refractivity contribution in [2.45, 2.75) is 4.90 Å². The molecule has 1 N–H and O–H groups in total. The minimum absolute atomic E-state index is 0.925. The zero-order valence-corrected chi connectivity index (χ0v) is 12.7. The Morgan fingerprint density at radius 2 is 1.90 bits per heavy atom. The number of aromatic nitrogens is 2. The van der Waals surface area contributed by atoms with E-state index in [9.17, 15) is 0 Å². The Bertz CT molecular complexity index is 946. The molecule has 0 atom stereocenters. The molecule has 2 heterocycles. The van der Waals surface area contributed by atoms with E-state index >= 15 is 0 Å². The first-order valence-corrected chi connectivity index (χ1v) is 7.80. The number of fused-ring (bicyclic) bond motifs is 2. The average molecular weight is 309 g/mol. The third kappa shape index (κ3) is 2.34. The van der Waals surface area contributed by atoms with Crippen LogP contribution in [-0.4, -0.2) is 9.97 Å². The van der Waals surface area contributed by atoms with E-state index in [1.807, 2.05) is 36.0 Å². The molecule has 0 amide bonds. The Morgan fingerprint density at radius 1 is 0.952 bits per heavy atom. The van der Waals surface area contributed by atoms with E-state index in [1.165, 1.54) is 4.70 Å². The number of thiol groups is 1. The van der Waals surface area contributed by atoms with Crippen LogP contribution in [0.25, 0.3) is 21.1 Å². The molecule has 0 aliphatic carbocycles. The number of rotatable bonds is 2. The van der Waals surface area contributed by atoms with E-state index in [-0.39, 0.29) is 0 Å². The molecule has 0 aliphatic rings. The fraction of sp³-hybridized carbons (Fsp3) is 0. The molecule has 0 fully saturated rings. The molecule has 0 saturated carbocycles. The summed E-state index contributed by atoms with van der Waals surface area (Å²) >= 11 is 6.06. The Hall–Kier alpha value is -2.11. The van der Waals surface area contributed by atoms with Crippen LogP contribution in [0.1, 0.15) is 0 Å². The molecule has 0 saturated heterocycles. The quantitative estimate of drug-likeness (QED) is 0.518. The van der Waals surface area contributed by atoms with Gasteiger partial charge in [0.2, 0.25) is 0 Å². The fourth-order valence-corrected chi connectivity index (χ4v) is 3.20. The summed E-state index contributed by atoms with van der Waals surface area (Å²) in [4.78, 5) is 9.66. The number of anilines is 2. The highest BCUT2D eigenvalue weighted by atomic mass is 32.1. The first kappa shape index (κ1) is 12.6. The van der Waals surface area contributed by atoms with Crippen LogP contribution in [-0.2, 0) is 0 Å². The number of benzene rings is 2. The van der Waals surface area contributed by atoms with Crippen LogP contribution in [0.2, 0.25) is 0 Å². The zero-order chi connectivity index (χ0) is 14.2. The van der Waals surface area contributed by atoms with Gasteiger partial charge in [-0.1, -0.05) is 0 Å². The normalized spacial score (nSPS) is 11.1. The van der Waals surface area contributed by atoms with Crippen molar-refractivity contribution in [3.05, 3.63) is 54.2 Å². The van der Waals surface area contributed by atoms with Crippen molar-refractivity contribution in [2.24, 2.45) is 0 Å². The Morgan fingerprint density at radius 3 is 2.86 bits per heavy atom. The highest BCUT2D eigenvalue weighted by Gasteiger charge is 2.04. The molecule has 0 spiro atoms. The van der Waals surface area contributed by atoms with Crippen molar-refractivity contribution < 1.29 is 0 Å². The molecule has 21 heavy (non-hydrogen) atoms. The highest BCUT2D eigenvalue weighted by Crippen LogP contribution is 2.29. The second-order valence-electron chi connectivity index (χ2n) is 4.72. The number of nitrogens with zero attached hydrogens (tertiary/aromatic N) is 2. The van der Waals surface area contributed by atoms with Crippen molar-refractivity contribution in [3.63, 3.8) is 0 Å². The van der Waals surface area contributed by atoms with Gasteiger partial charge in [0.1, 0.15) is 0 Å². The van der Waals surface area contributed by atoms with Gasteiger partial charge in [-0.3, -0.25) is 4.98 Å². The molecular weight excluding hydrogens is 298 g/mol. The summed E-state index contributed by atoms with van der Waals surface area (Å²) in [6.07, 6.45) is 1.81. The number of hydrogen-bond donors (Lipinski definition) is 2. The van der Waals surface area contributed by atoms with Crippen LogP contribution in [0.3, 0.4) is 0 Å². The highest BCUT2D eigenvalue weighted by molar-refractivity contribution is 7.80. The maximum Gasteiger partial charge on any atom is 0.0832 e. The summed E-state index contributed by atoms with van der Waals surface area (Å²) in [5, 5.41) is 4.51. The molecule has 5 heteroatoms. The predicted octanol–water partition coefficient (Wildman–Crippen LogP) is 4.88. The molecule has 102 valence electrons. The van der Waals surface area contributed by atoms with Gasteiger partial charge in [-0.15, -0.1) is 24.0 Å². The average Bonchev–Trinajstić information content (AvgIpc) is 2.95. The topological polar surface area (TPSA) is 37.8 Å². The molecule has 2 aromatic carbocycles. The van der Waals surface area contributed by atoms with Crippen molar-refractivity contribution in [1.82, 2.24) is 9.97 Å². The molecule has 0 radical (unpaired) electrons. The Kier molecular flexibility index (Phi) is 3.02. The Balaban J connectivity index is 1.81. The molecule has 3 nitrogen and oxygen atoms in total. The van der Waals surface area contributed by atoms with Crippen LogP contribution in [0, 0.1) is 0 Å². The molecule has 2 aromatic heterocycles. The lowest BCUT2D eigenvalue weighted by Crippen LogP contribution is -1.92. The van der Waals surface area contributed by atoms with E-state index in [4.69, 9.17) is 0 Å². The Labute approximate surface area is 131 Å². The van der Waals surface area contributed by atoms with E-state index in [1.54, 1.807) is 11.3 Å². The van der Waals surface area contributed by atoms with Gasteiger partial charge in [-0.05, 0) is 42.5 Å². The molecule has 4 rings (SSSR count). The van der Waals surface area contributed by atoms with Gasteiger partial charge in [0, 0.05) is 27.9 Å². The summed E-state index contributed by atoms with van der Waals surface area (Å²) in [6, 6.07) is 14.1. The number of thiazole rings is 1. The van der Waals surface area contributed by atoms with E-state index in [0.717, 1.165) is 32.7 Å². The summed E-state index contributed by atoms with van der Waals surface area (Å²) < 4.78 is 1.19. The number of nitrogens with one attached hydrogen (secondary N) is 1. The zero-order valence-electron chi connectivity index (χ0n) is 10.9. The summed E-state index contributed by atoms with van der Waals surface area (Å²) in [6.45, 7) is 0. The van der Waals surface area contributed by atoms with Gasteiger partial charge in [0.25, 0.3) is 0 Å². The van der Waals surface area contributed by atoms with E-state index in [0.29, 0.717) is 0 Å². The van der Waals surface area contributed by atoms with Gasteiger partial charge in [0.15, 0.2) is 0 Å². The molecule has 4 aromatic rings. The van der Waals surface area contributed by atoms with Crippen LogP contribution in [0.5, 0.6) is 0 Å². The first-order chi connectivity index (χ1) is 10.3. The van der Waals surface area contributed by atoms with Crippen LogP contribution in [0.15, 0.2) is 59.1 Å². The van der Waals surface area contributed by atoms with Crippen LogP contribution >= 0.6 is 24.0 Å². The summed E-state index contributed by atoms with van der Waals surface area (Å²) in [7, 11) is 0. The largest absolute Gasteiger partial charge is 0.355 e. The molecule has 0 unspecified atom stereocenters. The number of hydrogen-bond acceptors (Lipinski definition) is 5. The lowest BCUT2D eigenvalue weighted by atomic mass is 10.2. The van der Waals surface area contributed by atoms with Crippen LogP contribution in [0.4, 0.5) is 11.4 Å². The lowest BCUT2D eigenvalue weighted by molar-refractivity contribution is 1.38. The minimum Gasteiger partial charge on any atom is -0.355 e. The van der Waals surface area contributed by atoms with Gasteiger partial charge >= 0.3 is 0 Å². The van der Waals surface area contributed by atoms with Gasteiger partial charge in [-0.25, -0.2) is 4.98 Å². The molecular formula is C16H11N3S2. The first-order valence-electron chi connectivity index (χ1n) is 6.48. The lowest BCUT2D eigenvalue weighted by Gasteiger charge is -2.10. The van der Waals surface area contributed by atoms with Crippen molar-refractivity contribution >= 4 is 56.5 Å². The molecule has 0 bridgehead atoms. The second-order valence-corrected chi connectivity index (χ2v) is 6.12. The van der Waals surface area contributed by atoms with E-state index in [2.05, 4.69) is 46.1 Å². The third-order valence-corrected chi connectivity index (χ3v) is 4.42. The predicted molar refractivity (Wildman–Crippen MR) is 91.9 cm³/mol. The van der Waals surface area contributed by atoms with Gasteiger partial charge in [0.05, 0.1) is 21.2 Å². The fourth-order valence-electron chi connectivity index (χ4n) is 2.33. The van der Waals surface area contributed by atoms with Gasteiger partial charge < -0.3 is 5.32 Å². The standard InChI is InChI=1S/C16H11N3S2/c20-11-2-3-13-12(8-11)14(5-6-17-13)19-10-1-4-16-15(7-10)18-9-21-16/h1-9,20H,(H,17,19). The SMILES string of the molecule is Sc1ccc2nccc(Nc3ccc4scnc4c3)c2c1. The monoisotopic (exact) mass is 309 g/mol. The molecule has 0 aliphatic heterocycles. The number of pyridine rings is 1. The van der Waals surface area contributed by atoms with Crippen molar-refractivity contribution in [3.8, 4) is 0 Å². The second kappa shape index (κ2) is 5.02. The van der Waals surface area contributed by atoms with Crippen molar-refractivity contribution in [2.75, 3.05) is 5.32 Å². The maximum atomic E-state index is 4.41. The van der Waals surface area contributed by atoms with Crippen molar-refractivity contribution in [1.29, 1.82) is 0 Å². The minimum atomic E-state index is 0.925. The third-order valence-electron chi connectivity index (χ3n) is 3.33. The van der Waals surface area contributed by atoms with Gasteiger partial charge in [-0.2, -0.15) is 0 Å². The summed E-state index contributed by atoms with van der Waals surface area (Å²) in [5.74, 6) is 0.